The van der Waals surface area contributed by atoms with Crippen LogP contribution >= 0.6 is 11.6 Å². The largest absolute Gasteiger partial charge is 0.315 e. The average Bonchev–Trinajstić information content (AvgIpc) is 1.99. The van der Waals surface area contributed by atoms with Crippen LogP contribution in [0.2, 0.25) is 5.02 Å². The Hall–Kier alpha value is -0.860. The molecule has 0 atom stereocenters. The fraction of sp³-hybridized carbons (Fsp3) is 0.364. The lowest BCUT2D eigenvalue weighted by Gasteiger charge is -2.25. The van der Waals surface area contributed by atoms with Crippen molar-refractivity contribution in [3.63, 3.8) is 0 Å². The molecule has 0 bridgehead atoms. The summed E-state index contributed by atoms with van der Waals surface area (Å²) in [4.78, 5) is 11.6. The predicted molar refractivity (Wildman–Crippen MR) is 56.5 cm³/mol. The average molecular weight is 210 g/mol. The Morgan fingerprint density at radius 3 is 2.86 bits per heavy atom. The Morgan fingerprint density at radius 2 is 2.29 bits per heavy atom. The van der Waals surface area contributed by atoms with Crippen LogP contribution in [0, 0.1) is 5.92 Å². The lowest BCUT2D eigenvalue weighted by Crippen LogP contribution is -2.47. The van der Waals surface area contributed by atoms with Crippen LogP contribution in [0.15, 0.2) is 24.3 Å². The number of hydrogen-bond acceptors (Lipinski definition) is 2. The number of rotatable bonds is 3. The number of Topliss-reactive ketones (excluding diaryl/α,β-unsaturated/α-hetero) is 1. The number of carbonyl (C=O) groups excluding carboxylic acids is 1. The summed E-state index contributed by atoms with van der Waals surface area (Å²) in [5.74, 6) is 0.528. The molecule has 1 heterocycles. The minimum Gasteiger partial charge on any atom is -0.315 e. The number of hydrogen-bond donors (Lipinski definition) is 1. The molecule has 0 unspecified atom stereocenters. The summed E-state index contributed by atoms with van der Waals surface area (Å²) in [5, 5.41) is 3.79. The zero-order valence-electron chi connectivity index (χ0n) is 7.79. The Bertz CT molecular complexity index is 347. The molecule has 2 nitrogen and oxygen atoms in total. The number of halogens is 1. The highest BCUT2D eigenvalue weighted by atomic mass is 35.5. The van der Waals surface area contributed by atoms with Crippen molar-refractivity contribution >= 4 is 17.4 Å². The smallest absolute Gasteiger partial charge is 0.142 e. The number of ketones is 1. The summed E-state index contributed by atoms with van der Waals surface area (Å²) in [6.45, 7) is 1.67. The molecular formula is C11H12ClNO. The summed E-state index contributed by atoms with van der Waals surface area (Å²) >= 11 is 5.83. The topological polar surface area (TPSA) is 29.1 Å². The van der Waals surface area contributed by atoms with Crippen molar-refractivity contribution in [2.24, 2.45) is 5.92 Å². The third-order valence-electron chi connectivity index (χ3n) is 2.50. The van der Waals surface area contributed by atoms with Gasteiger partial charge in [0.25, 0.3) is 0 Å². The molecule has 1 fully saturated rings. The fourth-order valence-corrected chi connectivity index (χ4v) is 1.72. The molecule has 14 heavy (non-hydrogen) atoms. The van der Waals surface area contributed by atoms with Gasteiger partial charge >= 0.3 is 0 Å². The number of nitrogens with one attached hydrogen (secondary N) is 1. The van der Waals surface area contributed by atoms with Crippen molar-refractivity contribution in [1.29, 1.82) is 0 Å². The van der Waals surface area contributed by atoms with Gasteiger partial charge in [-0.3, -0.25) is 4.79 Å². The standard InChI is InChI=1S/C11H12ClNO/c12-10-3-1-2-8(4-10)5-11(14)9-6-13-7-9/h1-4,9,13H,5-7H2. The summed E-state index contributed by atoms with van der Waals surface area (Å²) in [7, 11) is 0. The van der Waals surface area contributed by atoms with Gasteiger partial charge < -0.3 is 5.32 Å². The van der Waals surface area contributed by atoms with Crippen molar-refractivity contribution in [3.8, 4) is 0 Å². The zero-order valence-corrected chi connectivity index (χ0v) is 8.55. The van der Waals surface area contributed by atoms with E-state index in [1.54, 1.807) is 0 Å². The third kappa shape index (κ3) is 2.14. The van der Waals surface area contributed by atoms with E-state index < -0.39 is 0 Å². The first-order valence-electron chi connectivity index (χ1n) is 4.73. The monoisotopic (exact) mass is 209 g/mol. The van der Waals surface area contributed by atoms with Gasteiger partial charge in [-0.2, -0.15) is 0 Å². The first-order chi connectivity index (χ1) is 6.75. The molecule has 0 saturated carbocycles. The van der Waals surface area contributed by atoms with Crippen LogP contribution in [-0.4, -0.2) is 18.9 Å². The lowest BCUT2D eigenvalue weighted by atomic mass is 9.93. The zero-order chi connectivity index (χ0) is 9.97. The fourth-order valence-electron chi connectivity index (χ4n) is 1.51. The second-order valence-corrected chi connectivity index (χ2v) is 4.06. The van der Waals surface area contributed by atoms with Crippen LogP contribution < -0.4 is 5.32 Å². The van der Waals surface area contributed by atoms with E-state index >= 15 is 0 Å². The number of benzene rings is 1. The summed E-state index contributed by atoms with van der Waals surface area (Å²) in [6.07, 6.45) is 0.507. The van der Waals surface area contributed by atoms with E-state index in [1.165, 1.54) is 0 Å². The third-order valence-corrected chi connectivity index (χ3v) is 2.74. The molecular weight excluding hydrogens is 198 g/mol. The van der Waals surface area contributed by atoms with Crippen molar-refractivity contribution in [1.82, 2.24) is 5.32 Å². The number of carbonyl (C=O) groups is 1. The van der Waals surface area contributed by atoms with Gasteiger partial charge in [0.05, 0.1) is 0 Å². The lowest BCUT2D eigenvalue weighted by molar-refractivity contribution is -0.123. The molecule has 0 aromatic heterocycles. The van der Waals surface area contributed by atoms with Gasteiger partial charge in [-0.15, -0.1) is 0 Å². The van der Waals surface area contributed by atoms with Crippen LogP contribution in [0.25, 0.3) is 0 Å². The highest BCUT2D eigenvalue weighted by molar-refractivity contribution is 6.30. The van der Waals surface area contributed by atoms with Gasteiger partial charge in [0, 0.05) is 30.5 Å². The first kappa shape index (κ1) is 9.69. The van der Waals surface area contributed by atoms with Gasteiger partial charge in [0.2, 0.25) is 0 Å². The molecule has 1 aromatic carbocycles. The van der Waals surface area contributed by atoms with E-state index in [-0.39, 0.29) is 5.92 Å². The van der Waals surface area contributed by atoms with Crippen LogP contribution in [-0.2, 0) is 11.2 Å². The summed E-state index contributed by atoms with van der Waals surface area (Å²) in [5.41, 5.74) is 1.01. The van der Waals surface area contributed by atoms with Crippen molar-refractivity contribution < 1.29 is 4.79 Å². The van der Waals surface area contributed by atoms with Gasteiger partial charge in [0.1, 0.15) is 5.78 Å². The molecule has 1 saturated heterocycles. The van der Waals surface area contributed by atoms with Crippen LogP contribution in [0.4, 0.5) is 0 Å². The van der Waals surface area contributed by atoms with Crippen LogP contribution in [0.3, 0.4) is 0 Å². The second kappa shape index (κ2) is 4.11. The van der Waals surface area contributed by atoms with Crippen LogP contribution in [0.5, 0.6) is 0 Å². The predicted octanol–water partition coefficient (Wildman–Crippen LogP) is 1.67. The van der Waals surface area contributed by atoms with Gasteiger partial charge in [-0.1, -0.05) is 23.7 Å². The highest BCUT2D eigenvalue weighted by Crippen LogP contribution is 2.14. The van der Waals surface area contributed by atoms with E-state index in [4.69, 9.17) is 11.6 Å². The Balaban J connectivity index is 1.99. The summed E-state index contributed by atoms with van der Waals surface area (Å²) < 4.78 is 0. The molecule has 74 valence electrons. The van der Waals surface area contributed by atoms with Gasteiger partial charge in [0.15, 0.2) is 0 Å². The van der Waals surface area contributed by atoms with Gasteiger partial charge in [-0.25, -0.2) is 0 Å². The Labute approximate surface area is 88.3 Å². The van der Waals surface area contributed by atoms with Crippen molar-refractivity contribution in [2.75, 3.05) is 13.1 Å². The van der Waals surface area contributed by atoms with E-state index in [0.29, 0.717) is 17.2 Å². The molecule has 0 radical (unpaired) electrons. The molecule has 3 heteroatoms. The maximum Gasteiger partial charge on any atom is 0.142 e. The molecule has 0 spiro atoms. The molecule has 2 rings (SSSR count). The van der Waals surface area contributed by atoms with E-state index in [9.17, 15) is 4.79 Å². The molecule has 1 aliphatic rings. The van der Waals surface area contributed by atoms with E-state index in [2.05, 4.69) is 5.32 Å². The van der Waals surface area contributed by atoms with Crippen LogP contribution in [0.1, 0.15) is 5.56 Å². The Morgan fingerprint density at radius 1 is 1.50 bits per heavy atom. The summed E-state index contributed by atoms with van der Waals surface area (Å²) in [6, 6.07) is 7.49. The van der Waals surface area contributed by atoms with Crippen molar-refractivity contribution in [2.45, 2.75) is 6.42 Å². The SMILES string of the molecule is O=C(Cc1cccc(Cl)c1)C1CNC1. The highest BCUT2D eigenvalue weighted by Gasteiger charge is 2.24. The quantitative estimate of drug-likeness (QED) is 0.821. The first-order valence-corrected chi connectivity index (χ1v) is 5.11. The molecule has 0 amide bonds. The van der Waals surface area contributed by atoms with E-state index in [1.807, 2.05) is 24.3 Å². The van der Waals surface area contributed by atoms with Crippen molar-refractivity contribution in [3.05, 3.63) is 34.9 Å². The maximum atomic E-state index is 11.6. The minimum atomic E-state index is 0.217. The normalized spacial score (nSPS) is 16.4. The Kier molecular flexibility index (Phi) is 2.85. The second-order valence-electron chi connectivity index (χ2n) is 3.63. The molecule has 0 aliphatic carbocycles. The maximum absolute atomic E-state index is 11.6. The molecule has 1 aromatic rings. The van der Waals surface area contributed by atoms with E-state index in [0.717, 1.165) is 18.7 Å². The molecule has 1 N–H and O–H groups in total. The molecule has 1 aliphatic heterocycles. The minimum absolute atomic E-state index is 0.217. The van der Waals surface area contributed by atoms with Gasteiger partial charge in [-0.05, 0) is 17.7 Å².